The molecule has 0 fully saturated rings. The van der Waals surface area contributed by atoms with E-state index in [9.17, 15) is 27.2 Å². The van der Waals surface area contributed by atoms with E-state index >= 15 is 0 Å². The molecule has 0 spiro atoms. The van der Waals surface area contributed by atoms with Gasteiger partial charge in [0.2, 0.25) is 11.8 Å². The minimum Gasteiger partial charge on any atom is -0.359 e. The average Bonchev–Trinajstić information content (AvgIpc) is 4.14. The summed E-state index contributed by atoms with van der Waals surface area (Å²) < 4.78 is 59.5. The molecule has 0 saturated carbocycles. The van der Waals surface area contributed by atoms with Crippen molar-refractivity contribution in [3.63, 3.8) is 0 Å². The molecule has 2 atom stereocenters. The molecule has 16 heteroatoms. The van der Waals surface area contributed by atoms with Gasteiger partial charge in [0.05, 0.1) is 35.6 Å². The Balaban J connectivity index is 0.000000162. The Bertz CT molecular complexity index is 2560. The average molecular weight is 875 g/mol. The first-order valence-electron chi connectivity index (χ1n) is 21.8. The lowest BCUT2D eigenvalue weighted by atomic mass is 9.93. The summed E-state index contributed by atoms with van der Waals surface area (Å²) in [5.41, 5.74) is 9.74. The summed E-state index contributed by atoms with van der Waals surface area (Å²) in [6.07, 6.45) is 8.09. The van der Waals surface area contributed by atoms with Crippen molar-refractivity contribution in [2.24, 2.45) is 14.1 Å². The number of halogens is 4. The van der Waals surface area contributed by atoms with Crippen molar-refractivity contribution in [1.82, 2.24) is 40.2 Å². The van der Waals surface area contributed by atoms with Gasteiger partial charge in [-0.25, -0.2) is 27.5 Å². The van der Waals surface area contributed by atoms with Gasteiger partial charge in [-0.2, -0.15) is 10.2 Å². The number of aryl methyl sites for hydroxylation is 6. The molecule has 2 aliphatic carbocycles. The Labute approximate surface area is 368 Å². The van der Waals surface area contributed by atoms with Gasteiger partial charge in [0.25, 0.3) is 12.9 Å². The van der Waals surface area contributed by atoms with Crippen molar-refractivity contribution >= 4 is 34.8 Å². The van der Waals surface area contributed by atoms with Gasteiger partial charge in [-0.3, -0.25) is 19.0 Å². The van der Waals surface area contributed by atoms with Crippen molar-refractivity contribution in [1.29, 1.82) is 0 Å². The first-order valence-corrected chi connectivity index (χ1v) is 21.8. The zero-order valence-electron chi connectivity index (χ0n) is 36.2. The highest BCUT2D eigenvalue weighted by Gasteiger charge is 2.34. The fraction of sp³-hybridized carbons (Fsp3) is 0.375. The predicted octanol–water partition coefficient (Wildman–Crippen LogP) is 8.56. The SMILES string of the molecule is CNC(=O)[C@@H]1CCc2ccc(N3CCCc4cc(-c5cnn(C)c5)c(C(F)F)cc43)nc21.CNC(=O)[C@H]1CCc2ccc(N3CCCc4cc(-c5cnn(C)c5)c(C(F)F)cc43)nc21. The number of carbonyl (C=O) groups is 2. The van der Waals surface area contributed by atoms with Crippen LogP contribution in [-0.4, -0.2) is 68.5 Å². The zero-order valence-corrected chi connectivity index (χ0v) is 36.2. The lowest BCUT2D eigenvalue weighted by molar-refractivity contribution is -0.122. The topological polar surface area (TPSA) is 126 Å². The summed E-state index contributed by atoms with van der Waals surface area (Å²) in [7, 11) is 6.82. The van der Waals surface area contributed by atoms with Crippen LogP contribution in [0.2, 0.25) is 0 Å². The number of rotatable bonds is 8. The lowest BCUT2D eigenvalue weighted by Gasteiger charge is -2.32. The van der Waals surface area contributed by atoms with Crippen LogP contribution in [0.25, 0.3) is 22.3 Å². The predicted molar refractivity (Wildman–Crippen MR) is 237 cm³/mol. The molecule has 332 valence electrons. The first-order chi connectivity index (χ1) is 30.9. The summed E-state index contributed by atoms with van der Waals surface area (Å²) >= 11 is 0. The third kappa shape index (κ3) is 7.98. The molecular weight excluding hydrogens is 825 g/mol. The molecule has 12 nitrogen and oxygen atoms in total. The third-order valence-corrected chi connectivity index (χ3v) is 13.0. The number of fused-ring (bicyclic) bond motifs is 4. The Morgan fingerprint density at radius 2 is 1.03 bits per heavy atom. The number of alkyl halides is 4. The van der Waals surface area contributed by atoms with E-state index in [1.54, 1.807) is 74.5 Å². The zero-order chi connectivity index (χ0) is 44.8. The van der Waals surface area contributed by atoms with E-state index in [4.69, 9.17) is 9.97 Å². The maximum absolute atomic E-state index is 14.1. The van der Waals surface area contributed by atoms with Crippen LogP contribution < -0.4 is 20.4 Å². The Morgan fingerprint density at radius 1 is 0.609 bits per heavy atom. The van der Waals surface area contributed by atoms with Crippen LogP contribution in [-0.2, 0) is 49.4 Å². The first kappa shape index (κ1) is 42.7. The van der Waals surface area contributed by atoms with Crippen LogP contribution in [0, 0.1) is 0 Å². The second-order valence-electron chi connectivity index (χ2n) is 16.9. The van der Waals surface area contributed by atoms with Crippen LogP contribution in [0.3, 0.4) is 0 Å². The largest absolute Gasteiger partial charge is 0.359 e. The number of carbonyl (C=O) groups excluding carboxylic acids is 2. The highest BCUT2D eigenvalue weighted by Crippen LogP contribution is 2.44. The highest BCUT2D eigenvalue weighted by molar-refractivity contribution is 5.85. The van der Waals surface area contributed by atoms with E-state index in [1.807, 2.05) is 46.2 Å². The molecule has 0 bridgehead atoms. The van der Waals surface area contributed by atoms with Crippen molar-refractivity contribution in [2.75, 3.05) is 37.0 Å². The van der Waals surface area contributed by atoms with E-state index in [1.165, 1.54) is 0 Å². The normalized spacial score (nSPS) is 17.4. The highest BCUT2D eigenvalue weighted by atomic mass is 19.3. The minimum atomic E-state index is -2.61. The van der Waals surface area contributed by atoms with Gasteiger partial charge in [0, 0.05) is 87.3 Å². The van der Waals surface area contributed by atoms with Crippen LogP contribution in [0.1, 0.15) is 95.1 Å². The van der Waals surface area contributed by atoms with E-state index in [0.717, 1.165) is 96.4 Å². The molecule has 0 saturated heterocycles. The van der Waals surface area contributed by atoms with Crippen molar-refractivity contribution in [3.05, 3.63) is 118 Å². The van der Waals surface area contributed by atoms with Crippen molar-refractivity contribution < 1.29 is 27.2 Å². The fourth-order valence-electron chi connectivity index (χ4n) is 9.80. The van der Waals surface area contributed by atoms with E-state index in [2.05, 4.69) is 20.8 Å². The Morgan fingerprint density at radius 3 is 1.39 bits per heavy atom. The van der Waals surface area contributed by atoms with E-state index in [0.29, 0.717) is 47.0 Å². The summed E-state index contributed by atoms with van der Waals surface area (Å²) in [6, 6.07) is 14.9. The molecule has 2 amide bonds. The number of hydrogen-bond donors (Lipinski definition) is 2. The standard InChI is InChI=1S/2C24H25F2N5O/c2*1-27-24(32)17-7-5-14-6-8-21(29-22(14)17)31-9-3-4-15-10-18(16-12-28-30(2)13-16)19(23(25)26)11-20(15)31/h2*6,8,10-13,17,23H,3-5,7,9H2,1-2H3,(H,27,32)/t2*17-/m10/s1. The molecule has 0 radical (unpaired) electrons. The van der Waals surface area contributed by atoms with Crippen LogP contribution in [0.5, 0.6) is 0 Å². The maximum atomic E-state index is 14.1. The number of nitrogens with one attached hydrogen (secondary N) is 2. The molecule has 4 aromatic heterocycles. The van der Waals surface area contributed by atoms with Gasteiger partial charge in [-0.05, 0) is 121 Å². The second-order valence-corrected chi connectivity index (χ2v) is 16.9. The van der Waals surface area contributed by atoms with Gasteiger partial charge in [-0.15, -0.1) is 0 Å². The van der Waals surface area contributed by atoms with Crippen molar-refractivity contribution in [2.45, 2.75) is 76.1 Å². The molecular formula is C48H50F4N10O2. The van der Waals surface area contributed by atoms with Gasteiger partial charge in [0.15, 0.2) is 0 Å². The fourth-order valence-corrected chi connectivity index (χ4v) is 9.80. The van der Waals surface area contributed by atoms with E-state index < -0.39 is 12.9 Å². The molecule has 2 N–H and O–H groups in total. The monoisotopic (exact) mass is 874 g/mol. The molecule has 0 unspecified atom stereocenters. The lowest BCUT2D eigenvalue weighted by Crippen LogP contribution is -2.27. The molecule has 64 heavy (non-hydrogen) atoms. The Kier molecular flexibility index (Phi) is 11.7. The van der Waals surface area contributed by atoms with Gasteiger partial charge < -0.3 is 20.4 Å². The summed E-state index contributed by atoms with van der Waals surface area (Å²) in [4.78, 5) is 38.3. The molecule has 6 heterocycles. The van der Waals surface area contributed by atoms with E-state index in [-0.39, 0.29) is 34.8 Å². The quantitative estimate of drug-likeness (QED) is 0.146. The third-order valence-electron chi connectivity index (χ3n) is 13.0. The number of benzene rings is 2. The summed E-state index contributed by atoms with van der Waals surface area (Å²) in [5.74, 6) is 0.819. The number of hydrogen-bond acceptors (Lipinski definition) is 8. The number of amides is 2. The van der Waals surface area contributed by atoms with Crippen LogP contribution in [0.4, 0.5) is 40.6 Å². The smallest absolute Gasteiger partial charge is 0.264 e. The van der Waals surface area contributed by atoms with Crippen LogP contribution in [0.15, 0.2) is 73.3 Å². The molecule has 4 aliphatic rings. The maximum Gasteiger partial charge on any atom is 0.264 e. The second kappa shape index (κ2) is 17.5. The Hall–Kier alpha value is -6.58. The summed E-state index contributed by atoms with van der Waals surface area (Å²) in [5, 5.41) is 13.7. The number of aromatic nitrogens is 6. The molecule has 10 rings (SSSR count). The molecule has 6 aromatic rings. The summed E-state index contributed by atoms with van der Waals surface area (Å²) in [6.45, 7) is 1.39. The number of anilines is 4. The van der Waals surface area contributed by atoms with Gasteiger partial charge in [0.1, 0.15) is 11.6 Å². The molecule has 2 aliphatic heterocycles. The van der Waals surface area contributed by atoms with Crippen LogP contribution >= 0.6 is 0 Å². The number of likely N-dealkylation sites (N-methyl/N-ethyl adjacent to an activating group) is 2. The minimum absolute atomic E-state index is 0.00644. The number of pyridine rings is 2. The van der Waals surface area contributed by atoms with Gasteiger partial charge in [-0.1, -0.05) is 12.1 Å². The number of nitrogens with zero attached hydrogens (tertiary/aromatic N) is 8. The van der Waals surface area contributed by atoms with Crippen molar-refractivity contribution in [3.8, 4) is 22.3 Å². The van der Waals surface area contributed by atoms with Gasteiger partial charge >= 0.3 is 0 Å². The molecule has 2 aromatic carbocycles.